The molecule has 0 fully saturated rings. The first-order valence-electron chi connectivity index (χ1n) is 12.3. The van der Waals surface area contributed by atoms with Crippen molar-refractivity contribution in [3.05, 3.63) is 107 Å². The Morgan fingerprint density at radius 2 is 1.41 bits per heavy atom. The second-order valence-corrected chi connectivity index (χ2v) is 15.7. The first-order valence-corrected chi connectivity index (χ1v) is 15.2. The highest BCUT2D eigenvalue weighted by molar-refractivity contribution is 6.74. The molecule has 1 amide bonds. The molecule has 0 aromatic heterocycles. The molecule has 0 saturated carbocycles. The van der Waals surface area contributed by atoms with Gasteiger partial charge >= 0.3 is 0 Å². The van der Waals surface area contributed by atoms with Gasteiger partial charge in [-0.2, -0.15) is 0 Å². The number of carbonyl (C=O) groups is 1. The third-order valence-electron chi connectivity index (χ3n) is 7.49. The normalized spacial score (nSPS) is 19.0. The van der Waals surface area contributed by atoms with Crippen LogP contribution in [0.3, 0.4) is 0 Å². The minimum absolute atomic E-state index is 0.0587. The summed E-state index contributed by atoms with van der Waals surface area (Å²) < 4.78 is 7.13. The summed E-state index contributed by atoms with van der Waals surface area (Å²) in [6.07, 6.45) is 1.45. The standard InChI is InChI=1S/C30H37NO2Si/c1-30(2,3)34(4,5)33-28-21-25-18-12-13-19-26(25)29(32)31(22-24-16-10-7-11-17-24)27(28)20-23-14-8-6-9-15-23/h6-19,27-28H,20-22H2,1-5H3/t27-,28-/m1/s1. The zero-order valence-corrected chi connectivity index (χ0v) is 22.1. The Labute approximate surface area is 205 Å². The summed E-state index contributed by atoms with van der Waals surface area (Å²) >= 11 is 0. The molecule has 0 saturated heterocycles. The lowest BCUT2D eigenvalue weighted by Gasteiger charge is -2.43. The second kappa shape index (κ2) is 9.89. The lowest BCUT2D eigenvalue weighted by atomic mass is 9.96. The van der Waals surface area contributed by atoms with Crippen LogP contribution in [0.2, 0.25) is 18.1 Å². The number of fused-ring (bicyclic) bond motifs is 1. The van der Waals surface area contributed by atoms with Crippen molar-refractivity contribution in [3.63, 3.8) is 0 Å². The number of amides is 1. The van der Waals surface area contributed by atoms with Gasteiger partial charge < -0.3 is 9.33 Å². The van der Waals surface area contributed by atoms with Gasteiger partial charge in [0, 0.05) is 18.5 Å². The molecule has 0 spiro atoms. The summed E-state index contributed by atoms with van der Waals surface area (Å²) in [4.78, 5) is 16.1. The molecule has 1 aliphatic heterocycles. The number of benzene rings is 3. The van der Waals surface area contributed by atoms with E-state index in [-0.39, 0.29) is 23.1 Å². The van der Waals surface area contributed by atoms with Crippen LogP contribution in [0.15, 0.2) is 84.9 Å². The van der Waals surface area contributed by atoms with Crippen molar-refractivity contribution in [2.75, 3.05) is 0 Å². The molecule has 3 aromatic rings. The number of rotatable bonds is 6. The molecule has 4 rings (SSSR count). The van der Waals surface area contributed by atoms with Crippen molar-refractivity contribution < 1.29 is 9.22 Å². The van der Waals surface area contributed by atoms with Crippen molar-refractivity contribution in [2.24, 2.45) is 0 Å². The summed E-state index contributed by atoms with van der Waals surface area (Å²) in [5.41, 5.74) is 4.26. The molecule has 3 aromatic carbocycles. The fourth-order valence-electron chi connectivity index (χ4n) is 4.51. The van der Waals surface area contributed by atoms with Crippen LogP contribution in [-0.2, 0) is 23.8 Å². The van der Waals surface area contributed by atoms with E-state index in [0.29, 0.717) is 6.54 Å². The molecule has 34 heavy (non-hydrogen) atoms. The van der Waals surface area contributed by atoms with Gasteiger partial charge in [-0.25, -0.2) is 0 Å². The summed E-state index contributed by atoms with van der Waals surface area (Å²) in [6.45, 7) is 12.0. The van der Waals surface area contributed by atoms with Crippen molar-refractivity contribution >= 4 is 14.2 Å². The van der Waals surface area contributed by atoms with E-state index in [1.54, 1.807) is 0 Å². The molecule has 0 radical (unpaired) electrons. The van der Waals surface area contributed by atoms with E-state index in [1.807, 2.05) is 42.5 Å². The Balaban J connectivity index is 1.81. The van der Waals surface area contributed by atoms with Gasteiger partial charge in [-0.05, 0) is 47.3 Å². The van der Waals surface area contributed by atoms with Gasteiger partial charge in [0.2, 0.25) is 0 Å². The van der Waals surface area contributed by atoms with Gasteiger partial charge in [0.15, 0.2) is 8.32 Å². The first-order chi connectivity index (χ1) is 16.2. The molecule has 2 atom stereocenters. The average molecular weight is 472 g/mol. The predicted octanol–water partition coefficient (Wildman–Crippen LogP) is 6.89. The van der Waals surface area contributed by atoms with Gasteiger partial charge in [-0.15, -0.1) is 0 Å². The van der Waals surface area contributed by atoms with Gasteiger partial charge in [0.1, 0.15) is 0 Å². The highest BCUT2D eigenvalue weighted by Gasteiger charge is 2.44. The SMILES string of the molecule is CC(C)(C)[Si](C)(C)O[C@@H]1Cc2ccccc2C(=O)N(Cc2ccccc2)[C@@H]1Cc1ccccc1. The van der Waals surface area contributed by atoms with Crippen LogP contribution in [0, 0.1) is 0 Å². The molecule has 1 heterocycles. The third-order valence-corrected chi connectivity index (χ3v) is 12.0. The number of hydrogen-bond acceptors (Lipinski definition) is 2. The van der Waals surface area contributed by atoms with Crippen LogP contribution in [0.4, 0.5) is 0 Å². The van der Waals surface area contributed by atoms with E-state index >= 15 is 0 Å². The highest BCUT2D eigenvalue weighted by atomic mass is 28.4. The summed E-state index contributed by atoms with van der Waals surface area (Å²) in [5.74, 6) is 0.0988. The van der Waals surface area contributed by atoms with Crippen LogP contribution < -0.4 is 0 Å². The third kappa shape index (κ3) is 5.34. The fraction of sp³-hybridized carbons (Fsp3) is 0.367. The van der Waals surface area contributed by atoms with Crippen LogP contribution >= 0.6 is 0 Å². The van der Waals surface area contributed by atoms with Gasteiger partial charge in [-0.3, -0.25) is 4.79 Å². The molecule has 0 bridgehead atoms. The highest BCUT2D eigenvalue weighted by Crippen LogP contribution is 2.39. The molecule has 3 nitrogen and oxygen atoms in total. The average Bonchev–Trinajstić information content (AvgIpc) is 2.90. The minimum atomic E-state index is -2.08. The minimum Gasteiger partial charge on any atom is -0.411 e. The number of nitrogens with zero attached hydrogens (tertiary/aromatic N) is 1. The Morgan fingerprint density at radius 3 is 2.03 bits per heavy atom. The van der Waals surface area contributed by atoms with Crippen molar-refractivity contribution in [1.82, 2.24) is 4.90 Å². The Hall–Kier alpha value is -2.69. The number of hydrogen-bond donors (Lipinski definition) is 0. The maximum Gasteiger partial charge on any atom is 0.254 e. The smallest absolute Gasteiger partial charge is 0.254 e. The molecule has 178 valence electrons. The fourth-order valence-corrected chi connectivity index (χ4v) is 5.86. The predicted molar refractivity (Wildman–Crippen MR) is 142 cm³/mol. The van der Waals surface area contributed by atoms with Crippen LogP contribution in [-0.4, -0.2) is 31.3 Å². The second-order valence-electron chi connectivity index (χ2n) is 11.0. The largest absolute Gasteiger partial charge is 0.411 e. The molecule has 0 N–H and O–H groups in total. The molecule has 0 unspecified atom stereocenters. The molecule has 4 heteroatoms. The van der Waals surface area contributed by atoms with Gasteiger partial charge in [-0.1, -0.05) is 99.6 Å². The molecule has 0 aliphatic carbocycles. The summed E-state index contributed by atoms with van der Waals surface area (Å²) in [6, 6.07) is 28.9. The summed E-state index contributed by atoms with van der Waals surface area (Å²) in [7, 11) is -2.08. The van der Waals surface area contributed by atoms with Crippen molar-refractivity contribution in [3.8, 4) is 0 Å². The van der Waals surface area contributed by atoms with Crippen molar-refractivity contribution in [1.29, 1.82) is 0 Å². The van der Waals surface area contributed by atoms with E-state index in [2.05, 4.69) is 81.2 Å². The van der Waals surface area contributed by atoms with E-state index in [1.165, 1.54) is 5.56 Å². The Kier molecular flexibility index (Phi) is 7.11. The summed E-state index contributed by atoms with van der Waals surface area (Å²) in [5, 5.41) is 0.0877. The van der Waals surface area contributed by atoms with Crippen molar-refractivity contribution in [2.45, 2.75) is 70.4 Å². The zero-order chi connectivity index (χ0) is 24.3. The lowest BCUT2D eigenvalue weighted by molar-refractivity contribution is 0.0403. The van der Waals surface area contributed by atoms with Crippen LogP contribution in [0.5, 0.6) is 0 Å². The van der Waals surface area contributed by atoms with E-state index in [0.717, 1.165) is 29.5 Å². The lowest BCUT2D eigenvalue weighted by Crippen LogP contribution is -2.53. The molecule has 1 aliphatic rings. The van der Waals surface area contributed by atoms with Gasteiger partial charge in [0.25, 0.3) is 5.91 Å². The monoisotopic (exact) mass is 471 g/mol. The maximum absolute atomic E-state index is 14.0. The number of carbonyl (C=O) groups excluding carboxylic acids is 1. The zero-order valence-electron chi connectivity index (χ0n) is 21.1. The van der Waals surface area contributed by atoms with E-state index in [9.17, 15) is 4.79 Å². The van der Waals surface area contributed by atoms with Crippen LogP contribution in [0.1, 0.15) is 47.8 Å². The van der Waals surface area contributed by atoms with E-state index in [4.69, 9.17) is 4.43 Å². The quantitative estimate of drug-likeness (QED) is 0.367. The Bertz CT molecular complexity index is 1110. The molecular weight excluding hydrogens is 434 g/mol. The van der Waals surface area contributed by atoms with Gasteiger partial charge in [0.05, 0.1) is 12.1 Å². The maximum atomic E-state index is 14.0. The first kappa shape index (κ1) is 24.4. The molecular formula is C30H37NO2Si. The van der Waals surface area contributed by atoms with E-state index < -0.39 is 8.32 Å². The van der Waals surface area contributed by atoms with Crippen LogP contribution in [0.25, 0.3) is 0 Å². The Morgan fingerprint density at radius 1 is 0.853 bits per heavy atom. The topological polar surface area (TPSA) is 29.5 Å².